The van der Waals surface area contributed by atoms with E-state index >= 15 is 0 Å². The summed E-state index contributed by atoms with van der Waals surface area (Å²) >= 11 is 3.27. The Morgan fingerprint density at radius 2 is 1.81 bits per heavy atom. The van der Waals surface area contributed by atoms with Crippen molar-refractivity contribution in [3.63, 3.8) is 0 Å². The number of carbonyl (C=O) groups is 1. The zero-order valence-electron chi connectivity index (χ0n) is 11.3. The van der Waals surface area contributed by atoms with Gasteiger partial charge in [0.25, 0.3) is 5.92 Å². The second-order valence-corrected chi connectivity index (χ2v) is 6.40. The van der Waals surface area contributed by atoms with E-state index in [0.29, 0.717) is 19.0 Å². The Morgan fingerprint density at radius 3 is 2.38 bits per heavy atom. The third-order valence-electron chi connectivity index (χ3n) is 3.93. The van der Waals surface area contributed by atoms with Crippen LogP contribution in [0, 0.1) is 5.92 Å². The summed E-state index contributed by atoms with van der Waals surface area (Å²) in [7, 11) is 0. The molecule has 21 heavy (non-hydrogen) atoms. The van der Waals surface area contributed by atoms with Gasteiger partial charge in [0, 0.05) is 51.4 Å². The van der Waals surface area contributed by atoms with E-state index in [0.717, 1.165) is 4.47 Å². The standard InChI is InChI=1S/C13H15BrF2N4O/c14-10-5-17-12(18-6-10)20-7-9(8-20)11(21)19-3-1-13(15,16)2-4-19/h5-6,9H,1-4,7-8H2. The topological polar surface area (TPSA) is 49.3 Å². The number of hydrogen-bond acceptors (Lipinski definition) is 4. The fourth-order valence-corrected chi connectivity index (χ4v) is 2.78. The van der Waals surface area contributed by atoms with Crippen LogP contribution in [-0.2, 0) is 4.79 Å². The summed E-state index contributed by atoms with van der Waals surface area (Å²) in [4.78, 5) is 24.0. The summed E-state index contributed by atoms with van der Waals surface area (Å²) < 4.78 is 27.0. The Labute approximate surface area is 129 Å². The molecule has 1 aromatic rings. The number of rotatable bonds is 2. The summed E-state index contributed by atoms with van der Waals surface area (Å²) in [6.45, 7) is 1.40. The van der Waals surface area contributed by atoms with E-state index < -0.39 is 5.92 Å². The fraction of sp³-hybridized carbons (Fsp3) is 0.615. The Morgan fingerprint density at radius 1 is 1.24 bits per heavy atom. The average molecular weight is 361 g/mol. The van der Waals surface area contributed by atoms with E-state index in [4.69, 9.17) is 0 Å². The molecule has 3 heterocycles. The van der Waals surface area contributed by atoms with Gasteiger partial charge in [-0.1, -0.05) is 0 Å². The Kier molecular flexibility index (Phi) is 3.81. The van der Waals surface area contributed by atoms with E-state index in [1.807, 2.05) is 4.90 Å². The van der Waals surface area contributed by atoms with Crippen molar-refractivity contribution in [2.24, 2.45) is 5.92 Å². The van der Waals surface area contributed by atoms with E-state index in [1.54, 1.807) is 17.3 Å². The van der Waals surface area contributed by atoms with Crippen molar-refractivity contribution in [1.82, 2.24) is 14.9 Å². The lowest BCUT2D eigenvalue weighted by Gasteiger charge is -2.42. The molecule has 3 rings (SSSR count). The normalized spacial score (nSPS) is 22.0. The number of aromatic nitrogens is 2. The first-order chi connectivity index (χ1) is 9.94. The fourth-order valence-electron chi connectivity index (χ4n) is 2.58. The molecule has 0 saturated carbocycles. The number of anilines is 1. The van der Waals surface area contributed by atoms with Gasteiger partial charge >= 0.3 is 0 Å². The van der Waals surface area contributed by atoms with Gasteiger partial charge in [0.2, 0.25) is 11.9 Å². The molecule has 0 spiro atoms. The number of hydrogen-bond donors (Lipinski definition) is 0. The van der Waals surface area contributed by atoms with Crippen molar-refractivity contribution in [1.29, 1.82) is 0 Å². The molecule has 0 unspecified atom stereocenters. The molecule has 0 aromatic carbocycles. The molecule has 8 heteroatoms. The third-order valence-corrected chi connectivity index (χ3v) is 4.34. The molecule has 2 aliphatic heterocycles. The van der Waals surface area contributed by atoms with Gasteiger partial charge in [-0.3, -0.25) is 4.79 Å². The van der Waals surface area contributed by atoms with Crippen LogP contribution in [0.4, 0.5) is 14.7 Å². The average Bonchev–Trinajstić information content (AvgIpc) is 2.39. The van der Waals surface area contributed by atoms with Crippen molar-refractivity contribution >= 4 is 27.8 Å². The Balaban J connectivity index is 1.52. The molecule has 0 bridgehead atoms. The molecule has 0 atom stereocenters. The SMILES string of the molecule is O=C(C1CN(c2ncc(Br)cn2)C1)N1CCC(F)(F)CC1. The Hall–Kier alpha value is -1.31. The van der Waals surface area contributed by atoms with Gasteiger partial charge in [-0.2, -0.15) is 0 Å². The first-order valence-electron chi connectivity index (χ1n) is 6.84. The van der Waals surface area contributed by atoms with Gasteiger partial charge < -0.3 is 9.80 Å². The second-order valence-electron chi connectivity index (χ2n) is 5.48. The summed E-state index contributed by atoms with van der Waals surface area (Å²) in [5.41, 5.74) is 0. The molecule has 114 valence electrons. The zero-order chi connectivity index (χ0) is 15.0. The largest absolute Gasteiger partial charge is 0.342 e. The van der Waals surface area contributed by atoms with Gasteiger partial charge in [0.05, 0.1) is 10.4 Å². The number of halogens is 3. The van der Waals surface area contributed by atoms with Crippen molar-refractivity contribution in [2.75, 3.05) is 31.1 Å². The van der Waals surface area contributed by atoms with Crippen molar-refractivity contribution in [2.45, 2.75) is 18.8 Å². The van der Waals surface area contributed by atoms with Crippen LogP contribution in [0.1, 0.15) is 12.8 Å². The Bertz CT molecular complexity index is 523. The predicted octanol–water partition coefficient (Wildman–Crippen LogP) is 1.93. The van der Waals surface area contributed by atoms with Crippen molar-refractivity contribution < 1.29 is 13.6 Å². The monoisotopic (exact) mass is 360 g/mol. The molecular weight excluding hydrogens is 346 g/mol. The summed E-state index contributed by atoms with van der Waals surface area (Å²) in [5.74, 6) is -2.19. The highest BCUT2D eigenvalue weighted by Gasteiger charge is 2.41. The first kappa shape index (κ1) is 14.6. The highest BCUT2D eigenvalue weighted by molar-refractivity contribution is 9.10. The minimum atomic E-state index is -2.62. The maximum atomic E-state index is 13.1. The zero-order valence-corrected chi connectivity index (χ0v) is 12.9. The van der Waals surface area contributed by atoms with E-state index in [2.05, 4.69) is 25.9 Å². The number of likely N-dealkylation sites (tertiary alicyclic amines) is 1. The quantitative estimate of drug-likeness (QED) is 0.808. The summed E-state index contributed by atoms with van der Waals surface area (Å²) in [6.07, 6.45) is 2.85. The third kappa shape index (κ3) is 3.14. The highest BCUT2D eigenvalue weighted by atomic mass is 79.9. The number of carbonyl (C=O) groups excluding carboxylic acids is 1. The molecule has 5 nitrogen and oxygen atoms in total. The van der Waals surface area contributed by atoms with E-state index in [1.165, 1.54) is 0 Å². The molecular formula is C13H15BrF2N4O. The van der Waals surface area contributed by atoms with Gasteiger partial charge in [-0.25, -0.2) is 18.7 Å². The van der Waals surface area contributed by atoms with Crippen LogP contribution >= 0.6 is 15.9 Å². The maximum Gasteiger partial charge on any atom is 0.251 e. The number of amides is 1. The van der Waals surface area contributed by atoms with Gasteiger partial charge in [0.1, 0.15) is 0 Å². The lowest BCUT2D eigenvalue weighted by atomic mass is 9.97. The van der Waals surface area contributed by atoms with Crippen LogP contribution in [0.5, 0.6) is 0 Å². The van der Waals surface area contributed by atoms with Gasteiger partial charge in [-0.15, -0.1) is 0 Å². The molecule has 0 aliphatic carbocycles. The van der Waals surface area contributed by atoms with Crippen LogP contribution in [0.25, 0.3) is 0 Å². The maximum absolute atomic E-state index is 13.1. The van der Waals surface area contributed by atoms with Crippen molar-refractivity contribution in [3.8, 4) is 0 Å². The molecule has 0 N–H and O–H groups in total. The first-order valence-corrected chi connectivity index (χ1v) is 7.63. The van der Waals surface area contributed by atoms with Crippen LogP contribution in [0.3, 0.4) is 0 Å². The van der Waals surface area contributed by atoms with E-state index in [-0.39, 0.29) is 37.8 Å². The molecule has 1 amide bonds. The highest BCUT2D eigenvalue weighted by Crippen LogP contribution is 2.30. The predicted molar refractivity (Wildman–Crippen MR) is 76.2 cm³/mol. The number of alkyl halides is 2. The van der Waals surface area contributed by atoms with Crippen LogP contribution in [-0.4, -0.2) is 52.9 Å². The van der Waals surface area contributed by atoms with E-state index in [9.17, 15) is 13.6 Å². The van der Waals surface area contributed by atoms with Crippen LogP contribution in [0.15, 0.2) is 16.9 Å². The second kappa shape index (κ2) is 5.47. The van der Waals surface area contributed by atoms with Crippen molar-refractivity contribution in [3.05, 3.63) is 16.9 Å². The molecule has 0 radical (unpaired) electrons. The van der Waals surface area contributed by atoms with Gasteiger partial charge in [0.15, 0.2) is 0 Å². The van der Waals surface area contributed by atoms with Crippen LogP contribution < -0.4 is 4.90 Å². The minimum Gasteiger partial charge on any atom is -0.342 e. The van der Waals surface area contributed by atoms with Crippen LogP contribution in [0.2, 0.25) is 0 Å². The number of nitrogens with zero attached hydrogens (tertiary/aromatic N) is 4. The lowest BCUT2D eigenvalue weighted by Crippen LogP contribution is -2.56. The molecule has 2 saturated heterocycles. The molecule has 2 fully saturated rings. The minimum absolute atomic E-state index is 0.0288. The van der Waals surface area contributed by atoms with Gasteiger partial charge in [-0.05, 0) is 15.9 Å². The number of piperidine rings is 1. The lowest BCUT2D eigenvalue weighted by molar-refractivity contribution is -0.142. The summed E-state index contributed by atoms with van der Waals surface area (Å²) in [6, 6.07) is 0. The summed E-state index contributed by atoms with van der Waals surface area (Å²) in [5, 5.41) is 0. The smallest absolute Gasteiger partial charge is 0.251 e. The molecule has 1 aromatic heterocycles. The molecule has 2 aliphatic rings.